The molecule has 16 heavy (non-hydrogen) atoms. The summed E-state index contributed by atoms with van der Waals surface area (Å²) in [5.41, 5.74) is 1.02. The molecule has 0 radical (unpaired) electrons. The van der Waals surface area contributed by atoms with Gasteiger partial charge in [0.15, 0.2) is 0 Å². The summed E-state index contributed by atoms with van der Waals surface area (Å²) in [7, 11) is 0. The summed E-state index contributed by atoms with van der Waals surface area (Å²) in [5, 5.41) is 0. The molecule has 1 heterocycles. The van der Waals surface area contributed by atoms with Crippen LogP contribution in [0.25, 0.3) is 0 Å². The van der Waals surface area contributed by atoms with Crippen molar-refractivity contribution in [3.05, 3.63) is 58.6 Å². The predicted octanol–water partition coefficient (Wildman–Crippen LogP) is 3.56. The topological polar surface area (TPSA) is 22.1 Å². The van der Waals surface area contributed by atoms with E-state index in [1.54, 1.807) is 6.07 Å². The van der Waals surface area contributed by atoms with Gasteiger partial charge in [-0.15, -0.1) is 0 Å². The Hall–Kier alpha value is -1.42. The average molecular weight is 282 g/mol. The molecule has 82 valence electrons. The van der Waals surface area contributed by atoms with E-state index in [1.165, 1.54) is 12.3 Å². The Bertz CT molecular complexity index is 444. The van der Waals surface area contributed by atoms with Crippen LogP contribution in [-0.2, 0) is 6.61 Å². The zero-order chi connectivity index (χ0) is 11.4. The van der Waals surface area contributed by atoms with Crippen molar-refractivity contribution in [3.8, 4) is 5.75 Å². The fraction of sp³-hybridized carbons (Fsp3) is 0.0833. The van der Waals surface area contributed by atoms with E-state index in [0.29, 0.717) is 12.4 Å². The van der Waals surface area contributed by atoms with E-state index in [9.17, 15) is 4.39 Å². The lowest BCUT2D eigenvalue weighted by Gasteiger charge is -2.06. The van der Waals surface area contributed by atoms with Crippen LogP contribution in [0.2, 0.25) is 0 Å². The number of rotatable bonds is 3. The summed E-state index contributed by atoms with van der Waals surface area (Å²) < 4.78 is 19.2. The van der Waals surface area contributed by atoms with Gasteiger partial charge in [0.05, 0.1) is 0 Å². The van der Waals surface area contributed by atoms with Crippen molar-refractivity contribution >= 4 is 15.9 Å². The van der Waals surface area contributed by atoms with Crippen molar-refractivity contribution in [3.63, 3.8) is 0 Å². The van der Waals surface area contributed by atoms with Gasteiger partial charge in [-0.05, 0) is 23.8 Å². The number of halogens is 2. The smallest absolute Gasteiger partial charge is 0.216 e. The largest absolute Gasteiger partial charge is 0.489 e. The second-order valence-electron chi connectivity index (χ2n) is 3.23. The highest BCUT2D eigenvalue weighted by Gasteiger charge is 1.98. The van der Waals surface area contributed by atoms with Gasteiger partial charge in [-0.25, -0.2) is 4.98 Å². The quantitative estimate of drug-likeness (QED) is 0.803. The zero-order valence-electron chi connectivity index (χ0n) is 8.36. The predicted molar refractivity (Wildman–Crippen MR) is 62.7 cm³/mol. The molecule has 0 fully saturated rings. The third-order valence-corrected chi connectivity index (χ3v) is 2.49. The number of ether oxygens (including phenoxy) is 1. The molecule has 1 aromatic carbocycles. The maximum atomic E-state index is 12.8. The molecule has 2 aromatic rings. The van der Waals surface area contributed by atoms with E-state index in [1.807, 2.05) is 24.3 Å². The maximum absolute atomic E-state index is 12.8. The van der Waals surface area contributed by atoms with Gasteiger partial charge in [0.2, 0.25) is 5.95 Å². The number of pyridine rings is 1. The van der Waals surface area contributed by atoms with Gasteiger partial charge >= 0.3 is 0 Å². The molecule has 0 saturated heterocycles. The summed E-state index contributed by atoms with van der Waals surface area (Å²) in [6.07, 6.45) is 1.38. The molecule has 0 aliphatic rings. The first-order valence-electron chi connectivity index (χ1n) is 4.73. The van der Waals surface area contributed by atoms with Crippen LogP contribution in [0.4, 0.5) is 4.39 Å². The van der Waals surface area contributed by atoms with Crippen LogP contribution in [0.1, 0.15) is 5.56 Å². The first-order chi connectivity index (χ1) is 7.74. The molecule has 0 spiro atoms. The Morgan fingerprint density at radius 1 is 1.25 bits per heavy atom. The molecule has 4 heteroatoms. The van der Waals surface area contributed by atoms with Crippen LogP contribution in [-0.4, -0.2) is 4.98 Å². The normalized spacial score (nSPS) is 10.1. The van der Waals surface area contributed by atoms with Crippen molar-refractivity contribution in [1.82, 2.24) is 4.98 Å². The molecule has 2 rings (SSSR count). The lowest BCUT2D eigenvalue weighted by molar-refractivity contribution is 0.303. The third kappa shape index (κ3) is 3.03. The van der Waals surface area contributed by atoms with Gasteiger partial charge in [-0.1, -0.05) is 28.1 Å². The summed E-state index contributed by atoms with van der Waals surface area (Å²) in [5.74, 6) is -0.0563. The van der Waals surface area contributed by atoms with E-state index < -0.39 is 5.95 Å². The molecule has 0 amide bonds. The average Bonchev–Trinajstić information content (AvgIpc) is 2.27. The summed E-state index contributed by atoms with van der Waals surface area (Å²) in [6, 6.07) is 10.7. The van der Waals surface area contributed by atoms with E-state index in [2.05, 4.69) is 20.9 Å². The second kappa shape index (κ2) is 5.07. The van der Waals surface area contributed by atoms with Gasteiger partial charge in [0, 0.05) is 16.7 Å². The van der Waals surface area contributed by atoms with Gasteiger partial charge in [0.1, 0.15) is 12.4 Å². The molecule has 0 aliphatic carbocycles. The van der Waals surface area contributed by atoms with Gasteiger partial charge < -0.3 is 4.74 Å². The minimum atomic E-state index is -0.535. The highest BCUT2D eigenvalue weighted by molar-refractivity contribution is 9.10. The van der Waals surface area contributed by atoms with Crippen molar-refractivity contribution in [2.24, 2.45) is 0 Å². The number of nitrogens with zero attached hydrogens (tertiary/aromatic N) is 1. The molecule has 0 unspecified atom stereocenters. The van der Waals surface area contributed by atoms with Crippen molar-refractivity contribution < 1.29 is 9.13 Å². The maximum Gasteiger partial charge on any atom is 0.216 e. The molecule has 0 N–H and O–H groups in total. The molecule has 0 aliphatic heterocycles. The van der Waals surface area contributed by atoms with E-state index in [-0.39, 0.29) is 0 Å². The number of hydrogen-bond acceptors (Lipinski definition) is 2. The number of aromatic nitrogens is 1. The van der Waals surface area contributed by atoms with Crippen molar-refractivity contribution in [2.45, 2.75) is 6.61 Å². The number of benzene rings is 1. The van der Waals surface area contributed by atoms with E-state index >= 15 is 0 Å². The molecule has 2 nitrogen and oxygen atoms in total. The molecule has 0 atom stereocenters. The molecule has 0 bridgehead atoms. The second-order valence-corrected chi connectivity index (χ2v) is 4.15. The van der Waals surface area contributed by atoms with Gasteiger partial charge in [0.25, 0.3) is 0 Å². The van der Waals surface area contributed by atoms with Gasteiger partial charge in [-0.3, -0.25) is 0 Å². The van der Waals surface area contributed by atoms with E-state index in [0.717, 1.165) is 10.0 Å². The van der Waals surface area contributed by atoms with Crippen molar-refractivity contribution in [1.29, 1.82) is 0 Å². The first kappa shape index (κ1) is 11.1. The lowest BCUT2D eigenvalue weighted by atomic mass is 10.2. The highest BCUT2D eigenvalue weighted by Crippen LogP contribution is 2.15. The Labute approximate surface area is 101 Å². The van der Waals surface area contributed by atoms with Crippen LogP contribution in [0.15, 0.2) is 47.1 Å². The minimum absolute atomic E-state index is 0.406. The monoisotopic (exact) mass is 281 g/mol. The third-order valence-electron chi connectivity index (χ3n) is 1.99. The minimum Gasteiger partial charge on any atom is -0.489 e. The van der Waals surface area contributed by atoms with Crippen LogP contribution in [0.5, 0.6) is 5.75 Å². The number of hydrogen-bond donors (Lipinski definition) is 0. The molecule has 1 aromatic heterocycles. The van der Waals surface area contributed by atoms with Gasteiger partial charge in [-0.2, -0.15) is 4.39 Å². The SMILES string of the molecule is Fc1cc(OCc2cccc(Br)c2)ccn1. The fourth-order valence-electron chi connectivity index (χ4n) is 1.27. The lowest BCUT2D eigenvalue weighted by Crippen LogP contribution is -1.96. The summed E-state index contributed by atoms with van der Waals surface area (Å²) >= 11 is 3.37. The first-order valence-corrected chi connectivity index (χ1v) is 5.52. The molecule has 0 saturated carbocycles. The summed E-state index contributed by atoms with van der Waals surface area (Å²) in [4.78, 5) is 3.45. The molecular formula is C12H9BrFNO. The van der Waals surface area contributed by atoms with E-state index in [4.69, 9.17) is 4.74 Å². The standard InChI is InChI=1S/C12H9BrFNO/c13-10-3-1-2-9(6-10)8-16-11-4-5-15-12(14)7-11/h1-7H,8H2. The molecular weight excluding hydrogens is 273 g/mol. The van der Waals surface area contributed by atoms with Crippen LogP contribution in [0.3, 0.4) is 0 Å². The Morgan fingerprint density at radius 3 is 2.88 bits per heavy atom. The van der Waals surface area contributed by atoms with Crippen LogP contribution < -0.4 is 4.74 Å². The highest BCUT2D eigenvalue weighted by atomic mass is 79.9. The Balaban J connectivity index is 2.02. The Morgan fingerprint density at radius 2 is 2.12 bits per heavy atom. The fourth-order valence-corrected chi connectivity index (χ4v) is 1.71. The zero-order valence-corrected chi connectivity index (χ0v) is 9.95. The summed E-state index contributed by atoms with van der Waals surface area (Å²) in [6.45, 7) is 0.406. The van der Waals surface area contributed by atoms with Crippen LogP contribution in [0, 0.1) is 5.95 Å². The Kier molecular flexibility index (Phi) is 3.51. The van der Waals surface area contributed by atoms with Crippen LogP contribution >= 0.6 is 15.9 Å². The van der Waals surface area contributed by atoms with Crippen molar-refractivity contribution in [2.75, 3.05) is 0 Å².